The fourth-order valence-corrected chi connectivity index (χ4v) is 3.23. The van der Waals surface area contributed by atoms with Gasteiger partial charge in [-0.25, -0.2) is 0 Å². The summed E-state index contributed by atoms with van der Waals surface area (Å²) in [5.74, 6) is 3.60. The maximum Gasteiger partial charge on any atom is 0.116 e. The Morgan fingerprint density at radius 3 is 2.80 bits per heavy atom. The van der Waals surface area contributed by atoms with Crippen molar-refractivity contribution in [3.63, 3.8) is 0 Å². The van der Waals surface area contributed by atoms with Crippen LogP contribution in [-0.4, -0.2) is 16.6 Å². The van der Waals surface area contributed by atoms with E-state index in [1.165, 1.54) is 24.3 Å². The molecule has 0 radical (unpaired) electrons. The molecule has 0 spiro atoms. The van der Waals surface area contributed by atoms with E-state index in [0.29, 0.717) is 5.75 Å². The third-order valence-electron chi connectivity index (χ3n) is 2.98. The number of benzene rings is 1. The van der Waals surface area contributed by atoms with Gasteiger partial charge in [-0.1, -0.05) is 0 Å². The topological polar surface area (TPSA) is 46.2 Å². The minimum Gasteiger partial charge on any atom is -0.508 e. The van der Waals surface area contributed by atoms with Gasteiger partial charge in [0.1, 0.15) is 5.75 Å². The van der Waals surface area contributed by atoms with Crippen LogP contribution in [0.25, 0.3) is 0 Å². The molecule has 1 fully saturated rings. The lowest BCUT2D eigenvalue weighted by Crippen LogP contribution is -2.13. The lowest BCUT2D eigenvalue weighted by molar-refractivity contribution is 0.468. The van der Waals surface area contributed by atoms with E-state index in [4.69, 9.17) is 5.73 Å². The van der Waals surface area contributed by atoms with E-state index < -0.39 is 0 Å². The second-order valence-electron chi connectivity index (χ2n) is 4.14. The lowest BCUT2D eigenvalue weighted by Gasteiger charge is -2.21. The molecule has 2 nitrogen and oxygen atoms in total. The number of hydrogen-bond acceptors (Lipinski definition) is 3. The summed E-state index contributed by atoms with van der Waals surface area (Å²) in [5.41, 5.74) is 7.81. The number of aromatic hydroxyl groups is 1. The third kappa shape index (κ3) is 2.81. The number of thioether (sulfide) groups is 1. The van der Waals surface area contributed by atoms with E-state index in [-0.39, 0.29) is 0 Å². The van der Waals surface area contributed by atoms with Gasteiger partial charge in [-0.05, 0) is 60.4 Å². The molecule has 15 heavy (non-hydrogen) atoms. The van der Waals surface area contributed by atoms with Gasteiger partial charge in [-0.2, -0.15) is 11.8 Å². The summed E-state index contributed by atoms with van der Waals surface area (Å²) in [6.45, 7) is 0. The minimum atomic E-state index is 0.324. The van der Waals surface area contributed by atoms with Crippen LogP contribution in [0, 0.1) is 5.92 Å². The number of rotatable bonds is 2. The van der Waals surface area contributed by atoms with Gasteiger partial charge in [0.05, 0.1) is 0 Å². The number of phenolic OH excluding ortho intramolecular Hbond substituents is 1. The zero-order valence-corrected chi connectivity index (χ0v) is 9.59. The van der Waals surface area contributed by atoms with Crippen molar-refractivity contribution < 1.29 is 5.11 Å². The van der Waals surface area contributed by atoms with Crippen molar-refractivity contribution in [2.24, 2.45) is 5.92 Å². The highest BCUT2D eigenvalue weighted by molar-refractivity contribution is 7.99. The highest BCUT2D eigenvalue weighted by Crippen LogP contribution is 2.29. The van der Waals surface area contributed by atoms with E-state index in [1.807, 2.05) is 11.8 Å². The van der Waals surface area contributed by atoms with Crippen LogP contribution in [0.5, 0.6) is 5.75 Å². The molecule has 1 aromatic rings. The van der Waals surface area contributed by atoms with Crippen molar-refractivity contribution in [3.8, 4) is 5.75 Å². The van der Waals surface area contributed by atoms with Crippen LogP contribution < -0.4 is 5.73 Å². The molecule has 1 aliphatic rings. The van der Waals surface area contributed by atoms with Crippen LogP contribution in [0.3, 0.4) is 0 Å². The standard InChI is InChI=1S/C12H17NOS/c13-12-2-1-11(14)8-10(12)7-9-3-5-15-6-4-9/h1-2,8-9,14H,3-7,13H2. The van der Waals surface area contributed by atoms with E-state index in [2.05, 4.69) is 0 Å². The molecule has 2 rings (SSSR count). The van der Waals surface area contributed by atoms with Crippen LogP contribution in [-0.2, 0) is 6.42 Å². The zero-order chi connectivity index (χ0) is 10.7. The Balaban J connectivity index is 2.05. The smallest absolute Gasteiger partial charge is 0.116 e. The number of nitrogen functional groups attached to an aromatic ring is 1. The molecule has 0 atom stereocenters. The lowest BCUT2D eigenvalue weighted by atomic mass is 9.93. The van der Waals surface area contributed by atoms with E-state index in [1.54, 1.807) is 18.2 Å². The van der Waals surface area contributed by atoms with Crippen LogP contribution in [0.2, 0.25) is 0 Å². The molecular formula is C12H17NOS. The van der Waals surface area contributed by atoms with Crippen LogP contribution in [0.15, 0.2) is 18.2 Å². The summed E-state index contributed by atoms with van der Waals surface area (Å²) in [5, 5.41) is 9.41. The summed E-state index contributed by atoms with van der Waals surface area (Å²) in [4.78, 5) is 0. The summed E-state index contributed by atoms with van der Waals surface area (Å²) in [6, 6.07) is 5.24. The van der Waals surface area contributed by atoms with Gasteiger partial charge < -0.3 is 10.8 Å². The van der Waals surface area contributed by atoms with Gasteiger partial charge in [-0.15, -0.1) is 0 Å². The molecule has 0 amide bonds. The maximum atomic E-state index is 9.41. The summed E-state index contributed by atoms with van der Waals surface area (Å²) in [7, 11) is 0. The Hall–Kier alpha value is -0.830. The van der Waals surface area contributed by atoms with Gasteiger partial charge >= 0.3 is 0 Å². The summed E-state index contributed by atoms with van der Waals surface area (Å²) < 4.78 is 0. The molecular weight excluding hydrogens is 206 g/mol. The average molecular weight is 223 g/mol. The number of nitrogens with two attached hydrogens (primary N) is 1. The summed E-state index contributed by atoms with van der Waals surface area (Å²) >= 11 is 2.04. The van der Waals surface area contributed by atoms with Gasteiger partial charge in [-0.3, -0.25) is 0 Å². The van der Waals surface area contributed by atoms with Crippen molar-refractivity contribution in [2.45, 2.75) is 19.3 Å². The molecule has 1 heterocycles. The molecule has 3 N–H and O–H groups in total. The Bertz CT molecular complexity index is 334. The first-order chi connectivity index (χ1) is 7.25. The number of phenols is 1. The quantitative estimate of drug-likeness (QED) is 0.598. The highest BCUT2D eigenvalue weighted by atomic mass is 32.2. The molecule has 82 valence electrons. The maximum absolute atomic E-state index is 9.41. The molecule has 3 heteroatoms. The molecule has 1 saturated heterocycles. The first-order valence-corrected chi connectivity index (χ1v) is 6.56. The highest BCUT2D eigenvalue weighted by Gasteiger charge is 2.15. The molecule has 0 aliphatic carbocycles. The molecule has 0 saturated carbocycles. The molecule has 0 bridgehead atoms. The minimum absolute atomic E-state index is 0.324. The fraction of sp³-hybridized carbons (Fsp3) is 0.500. The largest absolute Gasteiger partial charge is 0.508 e. The van der Waals surface area contributed by atoms with Crippen LogP contribution >= 0.6 is 11.8 Å². The summed E-state index contributed by atoms with van der Waals surface area (Å²) in [6.07, 6.45) is 3.57. The zero-order valence-electron chi connectivity index (χ0n) is 8.78. The van der Waals surface area contributed by atoms with Gasteiger partial charge in [0.2, 0.25) is 0 Å². The predicted molar refractivity (Wildman–Crippen MR) is 66.3 cm³/mol. The van der Waals surface area contributed by atoms with Gasteiger partial charge in [0, 0.05) is 5.69 Å². The third-order valence-corrected chi connectivity index (χ3v) is 4.02. The normalized spacial score (nSPS) is 17.9. The first kappa shape index (κ1) is 10.7. The van der Waals surface area contributed by atoms with Crippen LogP contribution in [0.1, 0.15) is 18.4 Å². The SMILES string of the molecule is Nc1ccc(O)cc1CC1CCSCC1. The van der Waals surface area contributed by atoms with E-state index in [9.17, 15) is 5.11 Å². The Kier molecular flexibility index (Phi) is 3.41. The van der Waals surface area contributed by atoms with Crippen molar-refractivity contribution in [1.82, 2.24) is 0 Å². The van der Waals surface area contributed by atoms with Gasteiger partial charge in [0.15, 0.2) is 0 Å². The molecule has 1 aromatic carbocycles. The second-order valence-corrected chi connectivity index (χ2v) is 5.37. The second kappa shape index (κ2) is 4.79. The first-order valence-electron chi connectivity index (χ1n) is 5.41. The van der Waals surface area contributed by atoms with Crippen molar-refractivity contribution in [3.05, 3.63) is 23.8 Å². The van der Waals surface area contributed by atoms with Crippen molar-refractivity contribution in [1.29, 1.82) is 0 Å². The Labute approximate surface area is 94.9 Å². The molecule has 0 unspecified atom stereocenters. The van der Waals surface area contributed by atoms with E-state index in [0.717, 1.165) is 23.6 Å². The van der Waals surface area contributed by atoms with Crippen molar-refractivity contribution >= 4 is 17.4 Å². The Morgan fingerprint density at radius 2 is 2.07 bits per heavy atom. The monoisotopic (exact) mass is 223 g/mol. The molecule has 0 aromatic heterocycles. The Morgan fingerprint density at radius 1 is 1.33 bits per heavy atom. The fourth-order valence-electron chi connectivity index (χ4n) is 2.03. The van der Waals surface area contributed by atoms with Gasteiger partial charge in [0.25, 0.3) is 0 Å². The van der Waals surface area contributed by atoms with E-state index >= 15 is 0 Å². The number of hydrogen-bond donors (Lipinski definition) is 2. The number of anilines is 1. The predicted octanol–water partition coefficient (Wildman–Crippen LogP) is 2.66. The average Bonchev–Trinajstić information content (AvgIpc) is 2.25. The molecule has 1 aliphatic heterocycles. The van der Waals surface area contributed by atoms with Crippen molar-refractivity contribution in [2.75, 3.05) is 17.2 Å². The van der Waals surface area contributed by atoms with Crippen LogP contribution in [0.4, 0.5) is 5.69 Å².